The SMILES string of the molecule is [2H]C([2H])([2H])c1cc(-n2c3[c-]c(Oc4[c-]c(-n5[c](=[Pt])n(-c6c(-c7ccccc7)cccc6-c6ccccc6)c6ccccc65)ccc4)ccc3c3cc4c(cc32)OCCC4(C)C)ncc1-c1ccc(C(C)(C)C)cc1. The Morgan fingerprint density at radius 3 is 1.97 bits per heavy atom. The molecule has 12 rings (SSSR count). The van der Waals surface area contributed by atoms with Crippen molar-refractivity contribution in [3.05, 3.63) is 215 Å². The molecule has 71 heavy (non-hydrogen) atoms. The van der Waals surface area contributed by atoms with Gasteiger partial charge in [-0.05, 0) is 46.4 Å². The third-order valence-corrected chi connectivity index (χ3v) is 15.0. The van der Waals surface area contributed by atoms with Crippen LogP contribution in [0.4, 0.5) is 0 Å². The Morgan fingerprint density at radius 1 is 0.634 bits per heavy atom. The molecule has 0 aliphatic carbocycles. The molecule has 11 aromatic rings. The quantitative estimate of drug-likeness (QED) is 0.142. The molecule has 6 nitrogen and oxygen atoms in total. The maximum absolute atomic E-state index is 8.79. The Kier molecular flexibility index (Phi) is 10.1. The number of fused-ring (bicyclic) bond motifs is 5. The molecular weight excluding hydrogens is 1050 g/mol. The van der Waals surface area contributed by atoms with E-state index in [0.29, 0.717) is 35.0 Å². The Labute approximate surface area is 430 Å². The van der Waals surface area contributed by atoms with Crippen molar-refractivity contribution in [3.63, 3.8) is 0 Å². The smallest absolute Gasteiger partial charge is 0.493 e. The van der Waals surface area contributed by atoms with E-state index in [-0.39, 0.29) is 16.4 Å². The summed E-state index contributed by atoms with van der Waals surface area (Å²) in [6.07, 6.45) is 2.58. The number of benzene rings is 8. The van der Waals surface area contributed by atoms with E-state index in [1.54, 1.807) is 12.3 Å². The van der Waals surface area contributed by atoms with Gasteiger partial charge in [0.2, 0.25) is 0 Å². The van der Waals surface area contributed by atoms with Crippen LogP contribution >= 0.6 is 0 Å². The zero-order chi connectivity index (χ0) is 51.1. The van der Waals surface area contributed by atoms with Crippen molar-refractivity contribution in [2.24, 2.45) is 0 Å². The first kappa shape index (κ1) is 41.3. The van der Waals surface area contributed by atoms with Gasteiger partial charge in [-0.1, -0.05) is 58.9 Å². The summed E-state index contributed by atoms with van der Waals surface area (Å²) in [5, 5.41) is 1.91. The van der Waals surface area contributed by atoms with Crippen LogP contribution in [0.5, 0.6) is 17.2 Å². The minimum absolute atomic E-state index is 0.0501. The van der Waals surface area contributed by atoms with Crippen molar-refractivity contribution in [1.29, 1.82) is 0 Å². The van der Waals surface area contributed by atoms with E-state index in [4.69, 9.17) is 18.6 Å². The number of aryl methyl sites for hydroxylation is 1. The van der Waals surface area contributed by atoms with Crippen molar-refractivity contribution >= 4 is 32.8 Å². The molecule has 3 aromatic heterocycles. The molecule has 7 heteroatoms. The van der Waals surface area contributed by atoms with Gasteiger partial charge in [0, 0.05) is 15.9 Å². The van der Waals surface area contributed by atoms with E-state index >= 15 is 0 Å². The fourth-order valence-corrected chi connectivity index (χ4v) is 11.2. The number of hydrogen-bond acceptors (Lipinski definition) is 3. The van der Waals surface area contributed by atoms with E-state index in [9.17, 15) is 0 Å². The number of hydrogen-bond donors (Lipinski definition) is 0. The van der Waals surface area contributed by atoms with Crippen molar-refractivity contribution in [1.82, 2.24) is 18.7 Å². The summed E-state index contributed by atoms with van der Waals surface area (Å²) in [4.78, 5) is 5.04. The number of nitrogens with zero attached hydrogens (tertiary/aromatic N) is 4. The van der Waals surface area contributed by atoms with Gasteiger partial charge in [-0.3, -0.25) is 0 Å². The molecule has 1 aliphatic heterocycles. The number of para-hydroxylation sites is 3. The second-order valence-electron chi connectivity index (χ2n) is 20.0. The van der Waals surface area contributed by atoms with Gasteiger partial charge < -0.3 is 4.74 Å². The summed E-state index contributed by atoms with van der Waals surface area (Å²) < 4.78 is 47.0. The first-order chi connectivity index (χ1) is 35.6. The molecule has 0 atom stereocenters. The summed E-state index contributed by atoms with van der Waals surface area (Å²) in [5.41, 5.74) is 13.6. The third kappa shape index (κ3) is 7.86. The second kappa shape index (κ2) is 17.4. The Morgan fingerprint density at radius 2 is 1.28 bits per heavy atom. The number of imidazole rings is 1. The fourth-order valence-electron chi connectivity index (χ4n) is 10.2. The number of ether oxygens (including phenoxy) is 2. The number of rotatable bonds is 8. The van der Waals surface area contributed by atoms with Crippen LogP contribution in [0.25, 0.3) is 83.4 Å². The number of aromatic nitrogens is 4. The topological polar surface area (TPSA) is 46.1 Å². The molecule has 0 amide bonds. The van der Waals surface area contributed by atoms with E-state index in [1.165, 1.54) is 0 Å². The molecule has 0 radical (unpaired) electrons. The van der Waals surface area contributed by atoms with Crippen molar-refractivity contribution in [2.75, 3.05) is 6.61 Å². The molecule has 0 unspecified atom stereocenters. The minimum Gasteiger partial charge on any atom is -0.493 e. The standard InChI is InChI=1S/C64H52N4O2.Pt/c1-42-35-61(65-40-54(42)45-27-29-46(30-28-45)63(2,3)4)68-58-37-49(31-32-52(58)53-38-55-60(39-59(53)68)69-34-33-64(55,5)6)70-48-22-15-21-47(36-48)66-41-67(57-26-14-13-25-56(57)66)62-50(43-17-9-7-10-18-43)23-16-24-51(62)44-19-11-8-12-20-44;/h7-32,35,38-40H,33-34H2,1-6H3;/q-2;/i1D3;. The molecule has 1 aliphatic rings. The Hall–Kier alpha value is -7.53. The molecule has 0 saturated carbocycles. The molecule has 0 saturated heterocycles. The van der Waals surface area contributed by atoms with Crippen LogP contribution in [0, 0.1) is 22.8 Å². The van der Waals surface area contributed by atoms with Gasteiger partial charge in [-0.25, -0.2) is 0 Å². The average molecular weight is 1110 g/mol. The van der Waals surface area contributed by atoms with Crippen molar-refractivity contribution in [2.45, 2.75) is 58.7 Å². The summed E-state index contributed by atoms with van der Waals surface area (Å²) in [6.45, 7) is 9.17. The number of pyridine rings is 1. The molecule has 0 fully saturated rings. The summed E-state index contributed by atoms with van der Waals surface area (Å²) in [5.74, 6) is 2.23. The van der Waals surface area contributed by atoms with Crippen LogP contribution in [0.1, 0.15) is 61.8 Å². The summed E-state index contributed by atoms with van der Waals surface area (Å²) in [6, 6.07) is 67.5. The van der Waals surface area contributed by atoms with E-state index in [1.807, 2.05) is 34.9 Å². The van der Waals surface area contributed by atoms with Gasteiger partial charge in [-0.15, -0.1) is 0 Å². The summed E-state index contributed by atoms with van der Waals surface area (Å²) >= 11 is 2.45. The van der Waals surface area contributed by atoms with Crippen molar-refractivity contribution in [3.8, 4) is 67.8 Å². The predicted molar refractivity (Wildman–Crippen MR) is 285 cm³/mol. The minimum atomic E-state index is -2.43. The normalized spacial score (nSPS) is 14.2. The van der Waals surface area contributed by atoms with Crippen molar-refractivity contribution < 1.29 is 32.9 Å². The molecule has 0 bridgehead atoms. The van der Waals surface area contributed by atoms with Gasteiger partial charge in [0.1, 0.15) is 5.75 Å². The molecule has 0 spiro atoms. The Balaban J connectivity index is 0.994. The van der Waals surface area contributed by atoms with Crippen LogP contribution in [0.15, 0.2) is 182 Å². The first-order valence-electron chi connectivity index (χ1n) is 25.5. The van der Waals surface area contributed by atoms with Gasteiger partial charge >= 0.3 is 294 Å². The Bertz CT molecular complexity index is 3980. The molecular formula is C64H52N4O2Pt-2. The van der Waals surface area contributed by atoms with Crippen LogP contribution in [-0.2, 0) is 30.2 Å². The maximum atomic E-state index is 8.79. The van der Waals surface area contributed by atoms with Crippen LogP contribution in [0.3, 0.4) is 0 Å². The third-order valence-electron chi connectivity index (χ3n) is 14.0. The summed E-state index contributed by atoms with van der Waals surface area (Å²) in [7, 11) is 0. The van der Waals surface area contributed by atoms with Gasteiger partial charge in [0.05, 0.1) is 6.61 Å². The predicted octanol–water partition coefficient (Wildman–Crippen LogP) is 16.1. The van der Waals surface area contributed by atoms with E-state index < -0.39 is 6.85 Å². The molecule has 352 valence electrons. The van der Waals surface area contributed by atoms with Crippen LogP contribution < -0.4 is 9.47 Å². The van der Waals surface area contributed by atoms with E-state index in [2.05, 4.69) is 215 Å². The fraction of sp³-hybridized carbons (Fsp3) is 0.156. The van der Waals surface area contributed by atoms with Gasteiger partial charge in [0.25, 0.3) is 0 Å². The van der Waals surface area contributed by atoms with Crippen LogP contribution in [0.2, 0.25) is 0 Å². The molecule has 4 heterocycles. The zero-order valence-corrected chi connectivity index (χ0v) is 42.4. The van der Waals surface area contributed by atoms with Gasteiger partial charge in [0.15, 0.2) is 0 Å². The van der Waals surface area contributed by atoms with Crippen LogP contribution in [-0.4, -0.2) is 25.3 Å². The van der Waals surface area contributed by atoms with Gasteiger partial charge in [-0.2, -0.15) is 0 Å². The first-order valence-corrected chi connectivity index (χ1v) is 25.2. The van der Waals surface area contributed by atoms with E-state index in [0.717, 1.165) is 93.6 Å². The zero-order valence-electron chi connectivity index (χ0n) is 43.2. The monoisotopic (exact) mass is 1110 g/mol. The second-order valence-corrected chi connectivity index (χ2v) is 21.0. The molecule has 0 N–H and O–H groups in total. The molecule has 8 aromatic carbocycles. The average Bonchev–Trinajstić information content (AvgIpc) is 3.87.